The van der Waals surface area contributed by atoms with Gasteiger partial charge in [0.25, 0.3) is 0 Å². The molecule has 1 unspecified atom stereocenters. The Bertz CT molecular complexity index is 401. The summed E-state index contributed by atoms with van der Waals surface area (Å²) < 4.78 is 1.99. The fourth-order valence-corrected chi connectivity index (χ4v) is 2.10. The number of carbonyl (C=O) groups is 2. The molecule has 1 saturated heterocycles. The number of rotatable bonds is 1. The van der Waals surface area contributed by atoms with Crippen molar-refractivity contribution in [1.29, 1.82) is 0 Å². The molecule has 1 N–H and O–H groups in total. The van der Waals surface area contributed by atoms with E-state index in [2.05, 4.69) is 5.32 Å². The summed E-state index contributed by atoms with van der Waals surface area (Å²) in [5, 5.41) is 2.37. The van der Waals surface area contributed by atoms with Crippen LogP contribution in [0.3, 0.4) is 0 Å². The molecular weight excluding hydrogens is 192 g/mol. The normalized spacial score (nSPS) is 21.6. The summed E-state index contributed by atoms with van der Waals surface area (Å²) >= 11 is 0. The minimum absolute atomic E-state index is 0.168. The number of imide groups is 1. The predicted octanol–water partition coefficient (Wildman–Crippen LogP) is 1.08. The summed E-state index contributed by atoms with van der Waals surface area (Å²) in [5.41, 5.74) is 2.11. The van der Waals surface area contributed by atoms with Crippen molar-refractivity contribution in [3.05, 3.63) is 23.5 Å². The van der Waals surface area contributed by atoms with Gasteiger partial charge in [-0.3, -0.25) is 14.9 Å². The van der Waals surface area contributed by atoms with Gasteiger partial charge in [0.1, 0.15) is 6.04 Å². The Morgan fingerprint density at radius 1 is 1.27 bits per heavy atom. The van der Waals surface area contributed by atoms with Gasteiger partial charge in [-0.2, -0.15) is 0 Å². The minimum atomic E-state index is -0.224. The van der Waals surface area contributed by atoms with Crippen LogP contribution < -0.4 is 5.32 Å². The highest BCUT2D eigenvalue weighted by Gasteiger charge is 2.28. The van der Waals surface area contributed by atoms with Crippen LogP contribution in [0.25, 0.3) is 0 Å². The molecular formula is C11H14N2O2. The van der Waals surface area contributed by atoms with E-state index in [9.17, 15) is 9.59 Å². The first kappa shape index (κ1) is 9.96. The zero-order valence-electron chi connectivity index (χ0n) is 8.91. The molecule has 2 heterocycles. The first-order chi connectivity index (χ1) is 7.09. The van der Waals surface area contributed by atoms with E-state index in [0.29, 0.717) is 12.8 Å². The molecule has 0 saturated carbocycles. The van der Waals surface area contributed by atoms with Crippen LogP contribution in [0, 0.1) is 13.8 Å². The smallest absolute Gasteiger partial charge is 0.249 e. The van der Waals surface area contributed by atoms with E-state index in [1.165, 1.54) is 0 Å². The van der Waals surface area contributed by atoms with Gasteiger partial charge in [-0.15, -0.1) is 0 Å². The number of hydrogen-bond acceptors (Lipinski definition) is 2. The SMILES string of the molecule is Cc1ccc(C)n1C1CCC(=O)NC1=O. The third-order valence-electron chi connectivity index (χ3n) is 2.85. The Hall–Kier alpha value is -1.58. The van der Waals surface area contributed by atoms with E-state index >= 15 is 0 Å². The molecule has 1 aromatic heterocycles. The highest BCUT2D eigenvalue weighted by Crippen LogP contribution is 2.23. The molecule has 15 heavy (non-hydrogen) atoms. The lowest BCUT2D eigenvalue weighted by atomic mass is 10.1. The number of piperidine rings is 1. The van der Waals surface area contributed by atoms with E-state index in [1.807, 2.05) is 30.5 Å². The molecule has 4 heteroatoms. The van der Waals surface area contributed by atoms with Crippen molar-refractivity contribution in [2.75, 3.05) is 0 Å². The zero-order chi connectivity index (χ0) is 11.0. The van der Waals surface area contributed by atoms with Crippen LogP contribution in [0.15, 0.2) is 12.1 Å². The zero-order valence-corrected chi connectivity index (χ0v) is 8.91. The van der Waals surface area contributed by atoms with Gasteiger partial charge >= 0.3 is 0 Å². The summed E-state index contributed by atoms with van der Waals surface area (Å²) in [6.45, 7) is 3.94. The van der Waals surface area contributed by atoms with E-state index in [0.717, 1.165) is 11.4 Å². The number of amides is 2. The quantitative estimate of drug-likeness (QED) is 0.699. The Morgan fingerprint density at radius 2 is 1.87 bits per heavy atom. The average molecular weight is 206 g/mol. The van der Waals surface area contributed by atoms with Gasteiger partial charge in [-0.05, 0) is 32.4 Å². The second-order valence-electron chi connectivity index (χ2n) is 3.95. The minimum Gasteiger partial charge on any atom is -0.337 e. The van der Waals surface area contributed by atoms with E-state index in [1.54, 1.807) is 0 Å². The van der Waals surface area contributed by atoms with Crippen LogP contribution in [-0.2, 0) is 9.59 Å². The number of carbonyl (C=O) groups excluding carboxylic acids is 2. The van der Waals surface area contributed by atoms with Crippen molar-refractivity contribution in [2.24, 2.45) is 0 Å². The molecule has 1 fully saturated rings. The molecule has 1 aliphatic rings. The Kier molecular flexibility index (Phi) is 2.34. The van der Waals surface area contributed by atoms with Gasteiger partial charge < -0.3 is 4.57 Å². The fourth-order valence-electron chi connectivity index (χ4n) is 2.10. The number of hydrogen-bond donors (Lipinski definition) is 1. The number of nitrogens with zero attached hydrogens (tertiary/aromatic N) is 1. The maximum atomic E-state index is 11.7. The Balaban J connectivity index is 2.32. The molecule has 0 aliphatic carbocycles. The number of aromatic nitrogens is 1. The third kappa shape index (κ3) is 1.67. The fraction of sp³-hybridized carbons (Fsp3) is 0.455. The standard InChI is InChI=1S/C11H14N2O2/c1-7-3-4-8(2)13(7)9-5-6-10(14)12-11(9)15/h3-4,9H,5-6H2,1-2H3,(H,12,14,15). The molecule has 0 radical (unpaired) electrons. The van der Waals surface area contributed by atoms with Crippen molar-refractivity contribution in [2.45, 2.75) is 32.7 Å². The van der Waals surface area contributed by atoms with Crippen LogP contribution in [0.1, 0.15) is 30.3 Å². The molecule has 0 aromatic carbocycles. The second kappa shape index (κ2) is 3.53. The summed E-state index contributed by atoms with van der Waals surface area (Å²) in [6.07, 6.45) is 1.02. The molecule has 80 valence electrons. The van der Waals surface area contributed by atoms with Crippen molar-refractivity contribution in [1.82, 2.24) is 9.88 Å². The number of nitrogens with one attached hydrogen (secondary N) is 1. The van der Waals surface area contributed by atoms with Crippen molar-refractivity contribution in [3.63, 3.8) is 0 Å². The summed E-state index contributed by atoms with van der Waals surface area (Å²) in [7, 11) is 0. The van der Waals surface area contributed by atoms with Gasteiger partial charge in [-0.25, -0.2) is 0 Å². The van der Waals surface area contributed by atoms with E-state index in [4.69, 9.17) is 0 Å². The monoisotopic (exact) mass is 206 g/mol. The van der Waals surface area contributed by atoms with Crippen LogP contribution in [0.4, 0.5) is 0 Å². The first-order valence-corrected chi connectivity index (χ1v) is 5.07. The lowest BCUT2D eigenvalue weighted by Crippen LogP contribution is -2.42. The molecule has 2 amide bonds. The second-order valence-corrected chi connectivity index (χ2v) is 3.95. The Labute approximate surface area is 88.3 Å². The van der Waals surface area contributed by atoms with Crippen molar-refractivity contribution in [3.8, 4) is 0 Å². The average Bonchev–Trinajstić information content (AvgIpc) is 2.48. The third-order valence-corrected chi connectivity index (χ3v) is 2.85. The molecule has 1 aliphatic heterocycles. The summed E-state index contributed by atoms with van der Waals surface area (Å²) in [4.78, 5) is 22.7. The first-order valence-electron chi connectivity index (χ1n) is 5.07. The molecule has 0 bridgehead atoms. The van der Waals surface area contributed by atoms with Crippen LogP contribution in [-0.4, -0.2) is 16.4 Å². The van der Waals surface area contributed by atoms with Gasteiger partial charge in [-0.1, -0.05) is 0 Å². The van der Waals surface area contributed by atoms with Gasteiger partial charge in [0.2, 0.25) is 11.8 Å². The lowest BCUT2D eigenvalue weighted by molar-refractivity contribution is -0.135. The maximum Gasteiger partial charge on any atom is 0.249 e. The molecule has 0 spiro atoms. The van der Waals surface area contributed by atoms with Gasteiger partial charge in [0.05, 0.1) is 0 Å². The molecule has 1 atom stereocenters. The highest BCUT2D eigenvalue weighted by molar-refractivity contribution is 5.99. The van der Waals surface area contributed by atoms with E-state index < -0.39 is 0 Å². The van der Waals surface area contributed by atoms with Crippen LogP contribution in [0.2, 0.25) is 0 Å². The van der Waals surface area contributed by atoms with Crippen LogP contribution >= 0.6 is 0 Å². The van der Waals surface area contributed by atoms with Crippen molar-refractivity contribution >= 4 is 11.8 Å². The predicted molar refractivity (Wildman–Crippen MR) is 55.3 cm³/mol. The Morgan fingerprint density at radius 3 is 2.40 bits per heavy atom. The summed E-state index contributed by atoms with van der Waals surface area (Å²) in [6, 6.07) is 3.75. The topological polar surface area (TPSA) is 51.1 Å². The van der Waals surface area contributed by atoms with E-state index in [-0.39, 0.29) is 17.9 Å². The number of aryl methyl sites for hydroxylation is 2. The molecule has 2 rings (SSSR count). The van der Waals surface area contributed by atoms with Gasteiger partial charge in [0, 0.05) is 17.8 Å². The van der Waals surface area contributed by atoms with Crippen LogP contribution in [0.5, 0.6) is 0 Å². The largest absolute Gasteiger partial charge is 0.337 e. The molecule has 1 aromatic rings. The summed E-state index contributed by atoms with van der Waals surface area (Å²) in [5.74, 6) is -0.354. The highest BCUT2D eigenvalue weighted by atomic mass is 16.2. The maximum absolute atomic E-state index is 11.7. The van der Waals surface area contributed by atoms with Gasteiger partial charge in [0.15, 0.2) is 0 Å². The van der Waals surface area contributed by atoms with Crippen molar-refractivity contribution < 1.29 is 9.59 Å². The molecule has 4 nitrogen and oxygen atoms in total. The lowest BCUT2D eigenvalue weighted by Gasteiger charge is -2.25.